The molecule has 0 bridgehead atoms. The standard InChI is InChI=1S/C20H30N2O5S/c1-3-4-5-7-15(2)21-20(23)17-8-6-11-22(17)28(24,25)16-9-10-18-19(14-16)27-13-12-26-18/h9-10,14-15,17H,3-8,11-13H2,1-2H3,(H,21,23). The Morgan fingerprint density at radius 3 is 2.75 bits per heavy atom. The van der Waals surface area contributed by atoms with E-state index >= 15 is 0 Å². The van der Waals surface area contributed by atoms with Crippen LogP contribution in [0, 0.1) is 0 Å². The summed E-state index contributed by atoms with van der Waals surface area (Å²) in [6.07, 6.45) is 5.44. The lowest BCUT2D eigenvalue weighted by Gasteiger charge is -2.26. The maximum atomic E-state index is 13.2. The van der Waals surface area contributed by atoms with Gasteiger partial charge in [-0.1, -0.05) is 26.2 Å². The predicted octanol–water partition coefficient (Wildman–Crippen LogP) is 2.70. The fraction of sp³-hybridized carbons (Fsp3) is 0.650. The van der Waals surface area contributed by atoms with Crippen molar-refractivity contribution in [3.63, 3.8) is 0 Å². The molecule has 7 nitrogen and oxygen atoms in total. The maximum absolute atomic E-state index is 13.2. The van der Waals surface area contributed by atoms with E-state index in [1.807, 2.05) is 6.92 Å². The van der Waals surface area contributed by atoms with Gasteiger partial charge in [0.1, 0.15) is 19.3 Å². The monoisotopic (exact) mass is 410 g/mol. The van der Waals surface area contributed by atoms with Gasteiger partial charge in [0.2, 0.25) is 15.9 Å². The van der Waals surface area contributed by atoms with Crippen LogP contribution >= 0.6 is 0 Å². The zero-order valence-corrected chi connectivity index (χ0v) is 17.5. The summed E-state index contributed by atoms with van der Waals surface area (Å²) in [4.78, 5) is 12.9. The van der Waals surface area contributed by atoms with E-state index in [-0.39, 0.29) is 16.8 Å². The molecule has 0 spiro atoms. The number of amides is 1. The molecule has 1 amide bonds. The summed E-state index contributed by atoms with van der Waals surface area (Å²) in [5.41, 5.74) is 0. The molecule has 0 aromatic heterocycles. The van der Waals surface area contributed by atoms with Crippen LogP contribution in [0.25, 0.3) is 0 Å². The van der Waals surface area contributed by atoms with E-state index in [1.165, 1.54) is 16.4 Å². The first kappa shape index (κ1) is 20.9. The van der Waals surface area contributed by atoms with Gasteiger partial charge < -0.3 is 14.8 Å². The van der Waals surface area contributed by atoms with Crippen molar-refractivity contribution in [2.45, 2.75) is 69.4 Å². The molecule has 3 rings (SSSR count). The molecule has 1 aromatic rings. The number of ether oxygens (including phenoxy) is 2. The van der Waals surface area contributed by atoms with E-state index in [0.717, 1.165) is 25.7 Å². The van der Waals surface area contributed by atoms with E-state index in [4.69, 9.17) is 9.47 Å². The average Bonchev–Trinajstić information content (AvgIpc) is 3.19. The van der Waals surface area contributed by atoms with Crippen molar-refractivity contribution in [3.05, 3.63) is 18.2 Å². The maximum Gasteiger partial charge on any atom is 0.243 e. The largest absolute Gasteiger partial charge is 0.486 e. The first-order valence-electron chi connectivity index (χ1n) is 10.2. The lowest BCUT2D eigenvalue weighted by molar-refractivity contribution is -0.124. The quantitative estimate of drug-likeness (QED) is 0.666. The van der Waals surface area contributed by atoms with Gasteiger partial charge in [0.05, 0.1) is 4.90 Å². The Bertz CT molecular complexity index is 796. The summed E-state index contributed by atoms with van der Waals surface area (Å²) in [5.74, 6) is 0.765. The molecule has 1 saturated heterocycles. The van der Waals surface area contributed by atoms with Crippen LogP contribution in [0.4, 0.5) is 0 Å². The Labute approximate surface area is 167 Å². The van der Waals surface area contributed by atoms with Gasteiger partial charge in [-0.25, -0.2) is 8.42 Å². The summed E-state index contributed by atoms with van der Waals surface area (Å²) in [6.45, 7) is 5.30. The fourth-order valence-electron chi connectivity index (χ4n) is 3.72. The highest BCUT2D eigenvalue weighted by Crippen LogP contribution is 2.34. The number of fused-ring (bicyclic) bond motifs is 1. The molecular weight excluding hydrogens is 380 g/mol. The van der Waals surface area contributed by atoms with Crippen molar-refractivity contribution in [1.29, 1.82) is 0 Å². The Morgan fingerprint density at radius 2 is 2.00 bits per heavy atom. The van der Waals surface area contributed by atoms with Crippen LogP contribution in [0.1, 0.15) is 52.4 Å². The third kappa shape index (κ3) is 4.60. The van der Waals surface area contributed by atoms with E-state index in [0.29, 0.717) is 44.1 Å². The molecule has 1 N–H and O–H groups in total. The molecule has 0 aliphatic carbocycles. The number of carbonyl (C=O) groups is 1. The van der Waals surface area contributed by atoms with Gasteiger partial charge in [-0.3, -0.25) is 4.79 Å². The highest BCUT2D eigenvalue weighted by Gasteiger charge is 2.40. The van der Waals surface area contributed by atoms with Crippen molar-refractivity contribution < 1.29 is 22.7 Å². The molecule has 28 heavy (non-hydrogen) atoms. The van der Waals surface area contributed by atoms with Crippen molar-refractivity contribution in [2.75, 3.05) is 19.8 Å². The summed E-state index contributed by atoms with van der Waals surface area (Å²) in [7, 11) is -3.79. The number of nitrogens with one attached hydrogen (secondary N) is 1. The third-order valence-corrected chi connectivity index (χ3v) is 7.16. The summed E-state index contributed by atoms with van der Waals surface area (Å²) < 4.78 is 38.7. The van der Waals surface area contributed by atoms with Crippen LogP contribution in [0.15, 0.2) is 23.1 Å². The van der Waals surface area contributed by atoms with E-state index in [1.54, 1.807) is 6.07 Å². The van der Waals surface area contributed by atoms with Gasteiger partial charge in [-0.05, 0) is 38.3 Å². The molecule has 2 aliphatic heterocycles. The molecule has 2 aliphatic rings. The summed E-state index contributed by atoms with van der Waals surface area (Å²) in [6, 6.07) is 4.00. The molecule has 1 aromatic carbocycles. The van der Waals surface area contributed by atoms with E-state index in [9.17, 15) is 13.2 Å². The molecule has 0 radical (unpaired) electrons. The van der Waals surface area contributed by atoms with E-state index < -0.39 is 16.1 Å². The number of hydrogen-bond acceptors (Lipinski definition) is 5. The normalized spacial score (nSPS) is 20.7. The molecule has 2 atom stereocenters. The van der Waals surface area contributed by atoms with Gasteiger partial charge in [0, 0.05) is 18.7 Å². The van der Waals surface area contributed by atoms with Crippen LogP contribution in [0.5, 0.6) is 11.5 Å². The molecule has 2 unspecified atom stereocenters. The fourth-order valence-corrected chi connectivity index (χ4v) is 5.39. The number of rotatable bonds is 8. The lowest BCUT2D eigenvalue weighted by atomic mass is 10.1. The van der Waals surface area contributed by atoms with Gasteiger partial charge in [0.25, 0.3) is 0 Å². The van der Waals surface area contributed by atoms with Crippen molar-refractivity contribution in [1.82, 2.24) is 9.62 Å². The molecule has 1 fully saturated rings. The first-order chi connectivity index (χ1) is 13.4. The third-order valence-electron chi connectivity index (χ3n) is 5.26. The number of nitrogens with zero attached hydrogens (tertiary/aromatic N) is 1. The molecule has 2 heterocycles. The molecule has 8 heteroatoms. The van der Waals surface area contributed by atoms with Crippen molar-refractivity contribution >= 4 is 15.9 Å². The Morgan fingerprint density at radius 1 is 1.25 bits per heavy atom. The average molecular weight is 411 g/mol. The van der Waals surface area contributed by atoms with Gasteiger partial charge >= 0.3 is 0 Å². The van der Waals surface area contributed by atoms with Crippen molar-refractivity contribution in [2.24, 2.45) is 0 Å². The smallest absolute Gasteiger partial charge is 0.243 e. The topological polar surface area (TPSA) is 84.9 Å². The minimum Gasteiger partial charge on any atom is -0.486 e. The molecule has 156 valence electrons. The Kier molecular flexibility index (Phi) is 6.82. The number of benzene rings is 1. The summed E-state index contributed by atoms with van der Waals surface area (Å²) >= 11 is 0. The second-order valence-electron chi connectivity index (χ2n) is 7.48. The highest BCUT2D eigenvalue weighted by atomic mass is 32.2. The van der Waals surface area contributed by atoms with Crippen LogP contribution in [0.3, 0.4) is 0 Å². The van der Waals surface area contributed by atoms with Crippen LogP contribution < -0.4 is 14.8 Å². The second kappa shape index (κ2) is 9.13. The minimum atomic E-state index is -3.79. The van der Waals surface area contributed by atoms with Crippen LogP contribution in [-0.2, 0) is 14.8 Å². The SMILES string of the molecule is CCCCCC(C)NC(=O)C1CCCN1S(=O)(=O)c1ccc2c(c1)OCCO2. The van der Waals surface area contributed by atoms with Gasteiger partial charge in [0.15, 0.2) is 11.5 Å². The summed E-state index contributed by atoms with van der Waals surface area (Å²) in [5, 5.41) is 2.99. The first-order valence-corrected chi connectivity index (χ1v) is 11.6. The molecule has 0 saturated carbocycles. The number of sulfonamides is 1. The second-order valence-corrected chi connectivity index (χ2v) is 9.38. The molecular formula is C20H30N2O5S. The highest BCUT2D eigenvalue weighted by molar-refractivity contribution is 7.89. The van der Waals surface area contributed by atoms with Crippen molar-refractivity contribution in [3.8, 4) is 11.5 Å². The number of carbonyl (C=O) groups excluding carboxylic acids is 1. The van der Waals surface area contributed by atoms with E-state index in [2.05, 4.69) is 12.2 Å². The van der Waals surface area contributed by atoms with Crippen LogP contribution in [0.2, 0.25) is 0 Å². The van der Waals surface area contributed by atoms with Gasteiger partial charge in [-0.2, -0.15) is 4.31 Å². The zero-order chi connectivity index (χ0) is 20.1. The Balaban J connectivity index is 1.71. The lowest BCUT2D eigenvalue weighted by Crippen LogP contribution is -2.48. The van der Waals surface area contributed by atoms with Crippen LogP contribution in [-0.4, -0.2) is 50.5 Å². The number of unbranched alkanes of at least 4 members (excludes halogenated alkanes) is 2. The number of hydrogen-bond donors (Lipinski definition) is 1. The predicted molar refractivity (Wildman–Crippen MR) is 106 cm³/mol. The Hall–Kier alpha value is -1.80. The minimum absolute atomic E-state index is 0.0403. The van der Waals surface area contributed by atoms with Gasteiger partial charge in [-0.15, -0.1) is 0 Å². The zero-order valence-electron chi connectivity index (χ0n) is 16.6.